The van der Waals surface area contributed by atoms with E-state index in [1.165, 1.54) is 0 Å². The van der Waals surface area contributed by atoms with E-state index >= 15 is 0 Å². The minimum atomic E-state index is 0.127. The Labute approximate surface area is 122 Å². The van der Waals surface area contributed by atoms with E-state index in [9.17, 15) is 9.59 Å². The van der Waals surface area contributed by atoms with Crippen LogP contribution >= 0.6 is 0 Å². The average Bonchev–Trinajstić information content (AvgIpc) is 2.33. The molecule has 0 amide bonds. The number of carbonyl (C=O) groups is 2. The van der Waals surface area contributed by atoms with Gasteiger partial charge in [-0.3, -0.25) is 24.5 Å². The molecular weight excluding hydrogens is 254 g/mol. The fourth-order valence-electron chi connectivity index (χ4n) is 1.56. The van der Waals surface area contributed by atoms with Gasteiger partial charge in [0.2, 0.25) is 0 Å². The van der Waals surface area contributed by atoms with Crippen molar-refractivity contribution in [2.45, 2.75) is 52.6 Å². The smallest absolute Gasteiger partial charge is 0.135 e. The minimum Gasteiger partial charge on any atom is -0.300 e. The van der Waals surface area contributed by atoms with Crippen LogP contribution in [-0.2, 0) is 9.59 Å². The van der Waals surface area contributed by atoms with Crippen LogP contribution in [0.2, 0.25) is 0 Å². The molecule has 114 valence electrons. The van der Waals surface area contributed by atoms with Gasteiger partial charge in [0.1, 0.15) is 11.6 Å². The molecule has 5 nitrogen and oxygen atoms in total. The molecule has 0 aromatic rings. The van der Waals surface area contributed by atoms with E-state index in [4.69, 9.17) is 0 Å². The second-order valence-corrected chi connectivity index (χ2v) is 5.33. The third-order valence-electron chi connectivity index (χ3n) is 2.92. The molecule has 2 unspecified atom stereocenters. The first-order valence-electron chi connectivity index (χ1n) is 7.02. The Hall–Kier alpha value is -1.36. The molecule has 0 saturated heterocycles. The number of aliphatic imine (C=N–C) groups is 2. The second kappa shape index (κ2) is 10.4. The number of rotatable bonds is 10. The molecule has 0 spiro atoms. The Balaban J connectivity index is 4.02. The molecule has 0 aromatic heterocycles. The Morgan fingerprint density at radius 1 is 1.10 bits per heavy atom. The van der Waals surface area contributed by atoms with Crippen LogP contribution in [0.1, 0.15) is 40.5 Å². The van der Waals surface area contributed by atoms with Crippen LogP contribution in [0, 0.1) is 0 Å². The van der Waals surface area contributed by atoms with Crippen molar-refractivity contribution in [3.8, 4) is 0 Å². The van der Waals surface area contributed by atoms with Gasteiger partial charge in [0, 0.05) is 37.9 Å². The van der Waals surface area contributed by atoms with Crippen LogP contribution in [0.4, 0.5) is 0 Å². The van der Waals surface area contributed by atoms with Crippen molar-refractivity contribution in [3.63, 3.8) is 0 Å². The topological polar surface area (TPSA) is 62.1 Å². The number of hydrogen-bond donors (Lipinski definition) is 0. The Morgan fingerprint density at radius 3 is 2.20 bits per heavy atom. The largest absolute Gasteiger partial charge is 0.300 e. The molecule has 0 heterocycles. The van der Waals surface area contributed by atoms with E-state index in [1.54, 1.807) is 26.3 Å². The Bertz CT molecular complexity index is 364. The van der Waals surface area contributed by atoms with Gasteiger partial charge in [-0.05, 0) is 34.7 Å². The molecule has 0 radical (unpaired) electrons. The predicted molar refractivity (Wildman–Crippen MR) is 84.0 cm³/mol. The summed E-state index contributed by atoms with van der Waals surface area (Å²) in [6, 6.07) is 0.451. The van der Waals surface area contributed by atoms with E-state index in [-0.39, 0.29) is 17.6 Å². The highest BCUT2D eigenvalue weighted by Crippen LogP contribution is 2.00. The van der Waals surface area contributed by atoms with Gasteiger partial charge in [-0.1, -0.05) is 0 Å². The zero-order valence-corrected chi connectivity index (χ0v) is 13.3. The van der Waals surface area contributed by atoms with Crippen LogP contribution < -0.4 is 0 Å². The molecular formula is C15H27N3O2. The Morgan fingerprint density at radius 2 is 1.65 bits per heavy atom. The maximum absolute atomic E-state index is 10.8. The zero-order valence-electron chi connectivity index (χ0n) is 13.3. The fourth-order valence-corrected chi connectivity index (χ4v) is 1.56. The lowest BCUT2D eigenvalue weighted by Gasteiger charge is -2.24. The van der Waals surface area contributed by atoms with Crippen molar-refractivity contribution < 1.29 is 9.59 Å². The third kappa shape index (κ3) is 10.6. The number of Topliss-reactive ketones (excluding diaryl/α,β-unsaturated/α-hetero) is 2. The number of hydrogen-bond acceptors (Lipinski definition) is 5. The van der Waals surface area contributed by atoms with E-state index in [1.807, 2.05) is 14.0 Å². The average molecular weight is 281 g/mol. The summed E-state index contributed by atoms with van der Waals surface area (Å²) < 4.78 is 0. The highest BCUT2D eigenvalue weighted by molar-refractivity contribution is 5.90. The van der Waals surface area contributed by atoms with Crippen LogP contribution in [0.3, 0.4) is 0 Å². The molecule has 20 heavy (non-hydrogen) atoms. The quantitative estimate of drug-likeness (QED) is 0.574. The van der Waals surface area contributed by atoms with Crippen molar-refractivity contribution in [1.29, 1.82) is 0 Å². The van der Waals surface area contributed by atoms with Crippen molar-refractivity contribution in [2.24, 2.45) is 9.98 Å². The standard InChI is InChI=1S/C15H27N3O2/c1-12(17-9-7-15(4)20)11-18(5)13(2)10-16-8-6-14(3)19/h8-9,12-13H,6-7,10-11H2,1-5H3. The molecule has 0 aliphatic heterocycles. The van der Waals surface area contributed by atoms with Crippen molar-refractivity contribution in [1.82, 2.24) is 4.90 Å². The first-order chi connectivity index (χ1) is 9.32. The maximum Gasteiger partial charge on any atom is 0.135 e. The lowest BCUT2D eigenvalue weighted by molar-refractivity contribution is -0.116. The minimum absolute atomic E-state index is 0.127. The second-order valence-electron chi connectivity index (χ2n) is 5.33. The molecule has 0 fully saturated rings. The normalized spacial score (nSPS) is 15.1. The number of nitrogens with zero attached hydrogens (tertiary/aromatic N) is 3. The van der Waals surface area contributed by atoms with Crippen molar-refractivity contribution in [2.75, 3.05) is 20.1 Å². The van der Waals surface area contributed by atoms with Gasteiger partial charge in [0.15, 0.2) is 0 Å². The van der Waals surface area contributed by atoms with E-state index in [2.05, 4.69) is 21.8 Å². The molecule has 0 bridgehead atoms. The number of likely N-dealkylation sites (N-methyl/N-ethyl adjacent to an activating group) is 1. The summed E-state index contributed by atoms with van der Waals surface area (Å²) >= 11 is 0. The van der Waals surface area contributed by atoms with Crippen LogP contribution in [0.15, 0.2) is 9.98 Å². The predicted octanol–water partition coefficient (Wildman–Crippen LogP) is 1.80. The number of carbonyl (C=O) groups excluding carboxylic acids is 2. The van der Waals surface area contributed by atoms with Gasteiger partial charge in [0.25, 0.3) is 0 Å². The van der Waals surface area contributed by atoms with Crippen LogP contribution in [0.5, 0.6) is 0 Å². The van der Waals surface area contributed by atoms with Crippen LogP contribution in [-0.4, -0.2) is 61.1 Å². The highest BCUT2D eigenvalue weighted by Gasteiger charge is 2.10. The first-order valence-corrected chi connectivity index (χ1v) is 7.02. The molecule has 0 rings (SSSR count). The van der Waals surface area contributed by atoms with Crippen molar-refractivity contribution in [3.05, 3.63) is 0 Å². The summed E-state index contributed by atoms with van der Waals surface area (Å²) in [6.07, 6.45) is 4.18. The summed E-state index contributed by atoms with van der Waals surface area (Å²) in [7, 11) is 2.03. The zero-order chi connectivity index (χ0) is 15.5. The molecule has 0 aliphatic rings. The fraction of sp³-hybridized carbons (Fsp3) is 0.733. The summed E-state index contributed by atoms with van der Waals surface area (Å²) in [5.74, 6) is 0.255. The molecule has 0 aliphatic carbocycles. The van der Waals surface area contributed by atoms with Crippen LogP contribution in [0.25, 0.3) is 0 Å². The van der Waals surface area contributed by atoms with Gasteiger partial charge < -0.3 is 0 Å². The molecule has 2 atom stereocenters. The highest BCUT2D eigenvalue weighted by atomic mass is 16.1. The summed E-state index contributed by atoms with van der Waals surface area (Å²) in [5.41, 5.74) is 0. The summed E-state index contributed by atoms with van der Waals surface area (Å²) in [6.45, 7) is 8.73. The SMILES string of the molecule is CC(=O)CC=NCC(C)N(C)CC(C)N=CCC(C)=O. The van der Waals surface area contributed by atoms with Gasteiger partial charge in [-0.15, -0.1) is 0 Å². The third-order valence-corrected chi connectivity index (χ3v) is 2.92. The van der Waals surface area contributed by atoms with Gasteiger partial charge in [-0.25, -0.2) is 0 Å². The Kier molecular flexibility index (Phi) is 9.72. The lowest BCUT2D eigenvalue weighted by Crippen LogP contribution is -2.36. The van der Waals surface area contributed by atoms with E-state index in [0.717, 1.165) is 6.54 Å². The molecule has 0 aromatic carbocycles. The molecule has 0 N–H and O–H groups in total. The number of ketones is 2. The molecule has 5 heteroatoms. The van der Waals surface area contributed by atoms with Gasteiger partial charge in [0.05, 0.1) is 12.6 Å². The van der Waals surface area contributed by atoms with E-state index in [0.29, 0.717) is 25.4 Å². The van der Waals surface area contributed by atoms with Crippen molar-refractivity contribution >= 4 is 24.0 Å². The summed E-state index contributed by atoms with van der Waals surface area (Å²) in [4.78, 5) is 32.4. The van der Waals surface area contributed by atoms with Gasteiger partial charge >= 0.3 is 0 Å². The van der Waals surface area contributed by atoms with Gasteiger partial charge in [-0.2, -0.15) is 0 Å². The lowest BCUT2D eigenvalue weighted by atomic mass is 10.2. The first kappa shape index (κ1) is 18.6. The van der Waals surface area contributed by atoms with E-state index < -0.39 is 0 Å². The monoisotopic (exact) mass is 281 g/mol. The maximum atomic E-state index is 10.8. The summed E-state index contributed by atoms with van der Waals surface area (Å²) in [5, 5.41) is 0. The molecule has 0 saturated carbocycles.